The van der Waals surface area contributed by atoms with Gasteiger partial charge in [-0.05, 0) is 26.0 Å². The predicted molar refractivity (Wildman–Crippen MR) is 58.0 cm³/mol. The van der Waals surface area contributed by atoms with E-state index in [9.17, 15) is 9.18 Å². The van der Waals surface area contributed by atoms with Gasteiger partial charge < -0.3 is 11.1 Å². The number of rotatable bonds is 3. The van der Waals surface area contributed by atoms with E-state index in [1.807, 2.05) is 0 Å². The highest BCUT2D eigenvalue weighted by Crippen LogP contribution is 2.21. The molecular weight excluding hydrogens is 209 g/mol. The van der Waals surface area contributed by atoms with Gasteiger partial charge in [-0.25, -0.2) is 4.39 Å². The lowest BCUT2D eigenvalue weighted by molar-refractivity contribution is -0.121. The van der Waals surface area contributed by atoms with Crippen molar-refractivity contribution in [3.05, 3.63) is 29.6 Å². The van der Waals surface area contributed by atoms with Crippen molar-refractivity contribution in [1.29, 1.82) is 5.26 Å². The fourth-order valence-corrected chi connectivity index (χ4v) is 1.14. The normalized spacial score (nSPS) is 10.6. The summed E-state index contributed by atoms with van der Waals surface area (Å²) in [5.41, 5.74) is 4.26. The van der Waals surface area contributed by atoms with E-state index >= 15 is 0 Å². The van der Waals surface area contributed by atoms with Crippen LogP contribution in [0.3, 0.4) is 0 Å². The van der Waals surface area contributed by atoms with Crippen molar-refractivity contribution < 1.29 is 9.18 Å². The van der Waals surface area contributed by atoms with Gasteiger partial charge in [0.1, 0.15) is 23.0 Å². The fourth-order valence-electron chi connectivity index (χ4n) is 1.14. The third kappa shape index (κ3) is 2.28. The maximum Gasteiger partial charge on any atom is 0.242 e. The highest BCUT2D eigenvalue weighted by atomic mass is 19.1. The van der Waals surface area contributed by atoms with Crippen LogP contribution in [0.15, 0.2) is 18.2 Å². The average Bonchev–Trinajstić information content (AvgIpc) is 2.17. The summed E-state index contributed by atoms with van der Waals surface area (Å²) in [6, 6.07) is 5.89. The number of hydrogen-bond acceptors (Lipinski definition) is 3. The Morgan fingerprint density at radius 1 is 1.56 bits per heavy atom. The summed E-state index contributed by atoms with van der Waals surface area (Å²) < 4.78 is 13.2. The lowest BCUT2D eigenvalue weighted by Gasteiger charge is -2.24. The van der Waals surface area contributed by atoms with Gasteiger partial charge in [-0.3, -0.25) is 4.79 Å². The van der Waals surface area contributed by atoms with Crippen LogP contribution >= 0.6 is 0 Å². The molecule has 5 heteroatoms. The molecule has 1 amide bonds. The summed E-state index contributed by atoms with van der Waals surface area (Å²) in [6.45, 7) is 3.11. The zero-order chi connectivity index (χ0) is 12.3. The molecule has 0 spiro atoms. The van der Waals surface area contributed by atoms with E-state index in [0.717, 1.165) is 0 Å². The highest BCUT2D eigenvalue weighted by molar-refractivity contribution is 5.87. The second kappa shape index (κ2) is 4.19. The monoisotopic (exact) mass is 221 g/mol. The number of nitriles is 1. The molecule has 1 aromatic rings. The van der Waals surface area contributed by atoms with Gasteiger partial charge in [0.15, 0.2) is 0 Å². The summed E-state index contributed by atoms with van der Waals surface area (Å²) in [7, 11) is 0. The molecule has 84 valence electrons. The van der Waals surface area contributed by atoms with Crippen LogP contribution in [-0.4, -0.2) is 11.4 Å². The van der Waals surface area contributed by atoms with Crippen LogP contribution in [0.5, 0.6) is 0 Å². The first-order valence-corrected chi connectivity index (χ1v) is 4.65. The van der Waals surface area contributed by atoms with Crippen LogP contribution in [-0.2, 0) is 4.79 Å². The number of anilines is 1. The van der Waals surface area contributed by atoms with Gasteiger partial charge >= 0.3 is 0 Å². The zero-order valence-electron chi connectivity index (χ0n) is 9.04. The molecule has 0 radical (unpaired) electrons. The lowest BCUT2D eigenvalue weighted by Crippen LogP contribution is -2.45. The molecule has 0 saturated carbocycles. The molecule has 0 unspecified atom stereocenters. The Morgan fingerprint density at radius 3 is 2.69 bits per heavy atom. The lowest BCUT2D eigenvalue weighted by atomic mass is 10.0. The molecule has 1 aromatic carbocycles. The van der Waals surface area contributed by atoms with Gasteiger partial charge in [0, 0.05) is 0 Å². The molecule has 0 aromatic heterocycles. The third-order valence-electron chi connectivity index (χ3n) is 2.19. The van der Waals surface area contributed by atoms with E-state index in [1.54, 1.807) is 19.9 Å². The minimum atomic E-state index is -1.04. The van der Waals surface area contributed by atoms with E-state index < -0.39 is 17.3 Å². The number of carbonyl (C=O) groups is 1. The molecule has 0 bridgehead atoms. The van der Waals surface area contributed by atoms with Gasteiger partial charge in [0.2, 0.25) is 5.91 Å². The second-order valence-electron chi connectivity index (χ2n) is 3.89. The van der Waals surface area contributed by atoms with Crippen molar-refractivity contribution in [3.8, 4) is 6.07 Å². The zero-order valence-corrected chi connectivity index (χ0v) is 9.04. The fraction of sp³-hybridized carbons (Fsp3) is 0.273. The average molecular weight is 221 g/mol. The Hall–Kier alpha value is -2.09. The molecule has 16 heavy (non-hydrogen) atoms. The first-order valence-electron chi connectivity index (χ1n) is 4.65. The Balaban J connectivity index is 3.13. The topological polar surface area (TPSA) is 78.9 Å². The van der Waals surface area contributed by atoms with Crippen molar-refractivity contribution in [2.45, 2.75) is 19.4 Å². The van der Waals surface area contributed by atoms with Crippen molar-refractivity contribution in [3.63, 3.8) is 0 Å². The first-order chi connectivity index (χ1) is 7.38. The Kier molecular flexibility index (Phi) is 3.14. The minimum Gasteiger partial charge on any atom is -0.371 e. The maximum absolute atomic E-state index is 13.2. The van der Waals surface area contributed by atoms with Gasteiger partial charge in [-0.1, -0.05) is 6.07 Å². The van der Waals surface area contributed by atoms with E-state index in [4.69, 9.17) is 11.0 Å². The smallest absolute Gasteiger partial charge is 0.242 e. The van der Waals surface area contributed by atoms with Crippen LogP contribution in [0.25, 0.3) is 0 Å². The van der Waals surface area contributed by atoms with Crippen molar-refractivity contribution in [2.24, 2.45) is 5.73 Å². The van der Waals surface area contributed by atoms with Crippen molar-refractivity contribution in [2.75, 3.05) is 5.32 Å². The Labute approximate surface area is 92.9 Å². The van der Waals surface area contributed by atoms with E-state index in [-0.39, 0.29) is 11.3 Å². The van der Waals surface area contributed by atoms with Crippen LogP contribution in [0.1, 0.15) is 19.4 Å². The Morgan fingerprint density at radius 2 is 2.19 bits per heavy atom. The molecule has 0 aliphatic carbocycles. The number of hydrogen-bond donors (Lipinski definition) is 2. The summed E-state index contributed by atoms with van der Waals surface area (Å²) in [4.78, 5) is 11.1. The molecule has 0 aliphatic heterocycles. The maximum atomic E-state index is 13.2. The summed E-state index contributed by atoms with van der Waals surface area (Å²) in [6.07, 6.45) is 0. The molecule has 3 N–H and O–H groups in total. The van der Waals surface area contributed by atoms with E-state index in [2.05, 4.69) is 5.32 Å². The quantitative estimate of drug-likeness (QED) is 0.809. The number of primary amides is 1. The molecule has 4 nitrogen and oxygen atoms in total. The van der Waals surface area contributed by atoms with Gasteiger partial charge in [0.25, 0.3) is 0 Å². The number of amides is 1. The number of nitrogens with two attached hydrogens (primary N) is 1. The molecule has 1 rings (SSSR count). The molecule has 0 saturated heterocycles. The first kappa shape index (κ1) is 12.0. The number of nitrogens with zero attached hydrogens (tertiary/aromatic N) is 1. The molecule has 0 heterocycles. The molecule has 0 atom stereocenters. The summed E-state index contributed by atoms with van der Waals surface area (Å²) in [5.74, 6) is -1.21. The standard InChI is InChI=1S/C11H12FN3O/c1-11(2,10(14)16)15-9-5-3-4-8(12)7(9)6-13/h3-5,15H,1-2H3,(H2,14,16). The van der Waals surface area contributed by atoms with Crippen LogP contribution in [0.2, 0.25) is 0 Å². The number of nitrogens with one attached hydrogen (secondary N) is 1. The largest absolute Gasteiger partial charge is 0.371 e. The van der Waals surface area contributed by atoms with Crippen LogP contribution < -0.4 is 11.1 Å². The number of carbonyl (C=O) groups excluding carboxylic acids is 1. The number of halogens is 1. The summed E-state index contributed by atoms with van der Waals surface area (Å²) >= 11 is 0. The SMILES string of the molecule is CC(C)(Nc1cccc(F)c1C#N)C(N)=O. The van der Waals surface area contributed by atoms with Gasteiger partial charge in [0.05, 0.1) is 5.69 Å². The predicted octanol–water partition coefficient (Wildman–Crippen LogP) is 1.37. The van der Waals surface area contributed by atoms with Crippen molar-refractivity contribution in [1.82, 2.24) is 0 Å². The summed E-state index contributed by atoms with van der Waals surface area (Å²) in [5, 5.41) is 11.5. The minimum absolute atomic E-state index is 0.128. The van der Waals surface area contributed by atoms with Crippen LogP contribution in [0, 0.1) is 17.1 Å². The number of benzene rings is 1. The molecular formula is C11H12FN3O. The van der Waals surface area contributed by atoms with E-state index in [0.29, 0.717) is 0 Å². The van der Waals surface area contributed by atoms with E-state index in [1.165, 1.54) is 18.2 Å². The van der Waals surface area contributed by atoms with Crippen LogP contribution in [0.4, 0.5) is 10.1 Å². The Bertz CT molecular complexity index is 463. The second-order valence-corrected chi connectivity index (χ2v) is 3.89. The molecule has 0 aliphatic rings. The third-order valence-corrected chi connectivity index (χ3v) is 2.19. The van der Waals surface area contributed by atoms with Gasteiger partial charge in [-0.15, -0.1) is 0 Å². The highest BCUT2D eigenvalue weighted by Gasteiger charge is 2.25. The van der Waals surface area contributed by atoms with Crippen molar-refractivity contribution >= 4 is 11.6 Å². The van der Waals surface area contributed by atoms with Gasteiger partial charge in [-0.2, -0.15) is 5.26 Å². The molecule has 0 fully saturated rings.